The molecule has 0 atom stereocenters. The first-order valence-corrected chi connectivity index (χ1v) is 8.30. The highest BCUT2D eigenvalue weighted by Crippen LogP contribution is 2.19. The Morgan fingerprint density at radius 2 is 1.78 bits per heavy atom. The summed E-state index contributed by atoms with van der Waals surface area (Å²) in [5.74, 6) is 0.758. The standard InChI is InChI=1S/C19H21N7O/c1-26(2)16-8-6-14(7-9-16)22-18-21-11-10-17(24-18)25-19(27)23-15-5-3-4-13(20)12-15/h3-12H,20H2,1-2H3,(H3,21,22,23,24,25,27). The van der Waals surface area contributed by atoms with Gasteiger partial charge in [-0.2, -0.15) is 4.98 Å². The van der Waals surface area contributed by atoms with Gasteiger partial charge in [0.2, 0.25) is 5.95 Å². The maximum absolute atomic E-state index is 12.1. The van der Waals surface area contributed by atoms with E-state index in [2.05, 4.69) is 25.9 Å². The van der Waals surface area contributed by atoms with Crippen molar-refractivity contribution in [2.75, 3.05) is 40.7 Å². The predicted octanol–water partition coefficient (Wildman–Crippen LogP) is 3.51. The number of hydrogen-bond donors (Lipinski definition) is 4. The average Bonchev–Trinajstić information content (AvgIpc) is 2.62. The van der Waals surface area contributed by atoms with Crippen molar-refractivity contribution in [3.05, 3.63) is 60.8 Å². The van der Waals surface area contributed by atoms with Crippen LogP contribution in [-0.4, -0.2) is 30.1 Å². The number of benzene rings is 2. The summed E-state index contributed by atoms with van der Waals surface area (Å²) in [4.78, 5) is 22.6. The van der Waals surface area contributed by atoms with Crippen molar-refractivity contribution < 1.29 is 4.79 Å². The number of carbonyl (C=O) groups excluding carboxylic acids is 1. The summed E-state index contributed by atoms with van der Waals surface area (Å²) in [6.07, 6.45) is 1.57. The molecule has 0 fully saturated rings. The van der Waals surface area contributed by atoms with E-state index in [0.29, 0.717) is 23.1 Å². The molecular weight excluding hydrogens is 342 g/mol. The minimum atomic E-state index is -0.416. The van der Waals surface area contributed by atoms with Crippen LogP contribution in [0.4, 0.5) is 39.3 Å². The Labute approximate surface area is 157 Å². The number of urea groups is 1. The molecule has 8 nitrogen and oxygen atoms in total. The van der Waals surface area contributed by atoms with Gasteiger partial charge in [-0.05, 0) is 48.5 Å². The molecule has 0 spiro atoms. The Hall–Kier alpha value is -3.81. The molecule has 3 aromatic rings. The van der Waals surface area contributed by atoms with Crippen molar-refractivity contribution in [3.8, 4) is 0 Å². The smallest absolute Gasteiger partial charge is 0.324 e. The predicted molar refractivity (Wildman–Crippen MR) is 110 cm³/mol. The van der Waals surface area contributed by atoms with Crippen molar-refractivity contribution in [2.45, 2.75) is 0 Å². The van der Waals surface area contributed by atoms with Crippen LogP contribution in [-0.2, 0) is 0 Å². The van der Waals surface area contributed by atoms with Gasteiger partial charge in [0, 0.05) is 43.0 Å². The van der Waals surface area contributed by atoms with Crippen molar-refractivity contribution in [3.63, 3.8) is 0 Å². The van der Waals surface area contributed by atoms with E-state index in [0.717, 1.165) is 11.4 Å². The molecule has 5 N–H and O–H groups in total. The number of carbonyl (C=O) groups is 1. The molecule has 27 heavy (non-hydrogen) atoms. The van der Waals surface area contributed by atoms with Gasteiger partial charge in [-0.3, -0.25) is 5.32 Å². The van der Waals surface area contributed by atoms with E-state index in [4.69, 9.17) is 5.73 Å². The van der Waals surface area contributed by atoms with Gasteiger partial charge in [0.1, 0.15) is 5.82 Å². The monoisotopic (exact) mass is 363 g/mol. The maximum Gasteiger partial charge on any atom is 0.324 e. The third kappa shape index (κ3) is 5.08. The van der Waals surface area contributed by atoms with E-state index in [-0.39, 0.29) is 0 Å². The Balaban J connectivity index is 1.63. The fraction of sp³-hybridized carbons (Fsp3) is 0.105. The van der Waals surface area contributed by atoms with Crippen LogP contribution >= 0.6 is 0 Å². The molecule has 138 valence electrons. The zero-order valence-corrected chi connectivity index (χ0v) is 15.1. The topological polar surface area (TPSA) is 108 Å². The van der Waals surface area contributed by atoms with Crippen LogP contribution in [0.25, 0.3) is 0 Å². The van der Waals surface area contributed by atoms with E-state index in [1.54, 1.807) is 36.5 Å². The van der Waals surface area contributed by atoms with Crippen molar-refractivity contribution in [1.29, 1.82) is 0 Å². The van der Waals surface area contributed by atoms with E-state index in [9.17, 15) is 4.79 Å². The van der Waals surface area contributed by atoms with Gasteiger partial charge in [0.25, 0.3) is 0 Å². The molecule has 0 radical (unpaired) electrons. The first-order valence-electron chi connectivity index (χ1n) is 8.30. The molecule has 1 aromatic heterocycles. The van der Waals surface area contributed by atoms with E-state index in [1.165, 1.54) is 0 Å². The van der Waals surface area contributed by atoms with Crippen LogP contribution in [0.15, 0.2) is 60.8 Å². The highest BCUT2D eigenvalue weighted by molar-refractivity contribution is 5.99. The molecule has 0 bridgehead atoms. The molecule has 0 aliphatic carbocycles. The molecule has 0 saturated heterocycles. The highest BCUT2D eigenvalue weighted by Gasteiger charge is 2.06. The van der Waals surface area contributed by atoms with Crippen LogP contribution in [0, 0.1) is 0 Å². The quantitative estimate of drug-likeness (QED) is 0.517. The molecule has 0 aliphatic rings. The summed E-state index contributed by atoms with van der Waals surface area (Å²) in [5.41, 5.74) is 8.81. The minimum absolute atomic E-state index is 0.374. The molecule has 8 heteroatoms. The third-order valence-electron chi connectivity index (χ3n) is 3.68. The third-order valence-corrected chi connectivity index (χ3v) is 3.68. The fourth-order valence-electron chi connectivity index (χ4n) is 2.36. The second kappa shape index (κ2) is 8.05. The van der Waals surface area contributed by atoms with Gasteiger partial charge in [-0.15, -0.1) is 0 Å². The average molecular weight is 363 g/mol. The first-order chi connectivity index (χ1) is 13.0. The van der Waals surface area contributed by atoms with E-state index in [1.807, 2.05) is 43.3 Å². The lowest BCUT2D eigenvalue weighted by Crippen LogP contribution is -2.20. The van der Waals surface area contributed by atoms with Crippen molar-refractivity contribution in [2.24, 2.45) is 0 Å². The second-order valence-electron chi connectivity index (χ2n) is 6.04. The summed E-state index contributed by atoms with van der Waals surface area (Å²) >= 11 is 0. The van der Waals surface area contributed by atoms with Crippen molar-refractivity contribution >= 4 is 40.5 Å². The maximum atomic E-state index is 12.1. The van der Waals surface area contributed by atoms with Gasteiger partial charge < -0.3 is 21.3 Å². The number of nitrogen functional groups attached to an aromatic ring is 1. The van der Waals surface area contributed by atoms with Gasteiger partial charge >= 0.3 is 6.03 Å². The van der Waals surface area contributed by atoms with E-state index >= 15 is 0 Å². The molecule has 0 saturated carbocycles. The molecular formula is C19H21N7O. The minimum Gasteiger partial charge on any atom is -0.399 e. The normalized spacial score (nSPS) is 10.1. The van der Waals surface area contributed by atoms with Crippen molar-refractivity contribution in [1.82, 2.24) is 9.97 Å². The zero-order chi connectivity index (χ0) is 19.2. The number of nitrogens with one attached hydrogen (secondary N) is 3. The van der Waals surface area contributed by atoms with Crippen LogP contribution in [0.5, 0.6) is 0 Å². The number of rotatable bonds is 5. The van der Waals surface area contributed by atoms with Gasteiger partial charge in [-0.25, -0.2) is 9.78 Å². The SMILES string of the molecule is CN(C)c1ccc(Nc2nccc(NC(=O)Nc3cccc(N)c3)n2)cc1. The number of nitrogens with two attached hydrogens (primary N) is 1. The Kier molecular flexibility index (Phi) is 5.36. The Morgan fingerprint density at radius 1 is 1.00 bits per heavy atom. The number of anilines is 6. The van der Waals surface area contributed by atoms with Crippen LogP contribution in [0.1, 0.15) is 0 Å². The second-order valence-corrected chi connectivity index (χ2v) is 6.04. The number of aromatic nitrogens is 2. The lowest BCUT2D eigenvalue weighted by molar-refractivity contribution is 0.262. The summed E-state index contributed by atoms with van der Waals surface area (Å²) in [6.45, 7) is 0. The lowest BCUT2D eigenvalue weighted by atomic mass is 10.2. The van der Waals surface area contributed by atoms with Gasteiger partial charge in [0.05, 0.1) is 0 Å². The van der Waals surface area contributed by atoms with Crippen LogP contribution in [0.3, 0.4) is 0 Å². The Bertz CT molecular complexity index is 925. The number of nitrogens with zero attached hydrogens (tertiary/aromatic N) is 3. The molecule has 1 heterocycles. The fourth-order valence-corrected chi connectivity index (χ4v) is 2.36. The van der Waals surface area contributed by atoms with Crippen LogP contribution in [0.2, 0.25) is 0 Å². The zero-order valence-electron chi connectivity index (χ0n) is 15.1. The molecule has 2 aromatic carbocycles. The lowest BCUT2D eigenvalue weighted by Gasteiger charge is -2.13. The largest absolute Gasteiger partial charge is 0.399 e. The molecule has 0 aliphatic heterocycles. The highest BCUT2D eigenvalue weighted by atomic mass is 16.2. The Morgan fingerprint density at radius 3 is 2.48 bits per heavy atom. The summed E-state index contributed by atoms with van der Waals surface area (Å²) in [5, 5.41) is 8.48. The molecule has 3 rings (SSSR count). The van der Waals surface area contributed by atoms with Gasteiger partial charge in [-0.1, -0.05) is 6.07 Å². The summed E-state index contributed by atoms with van der Waals surface area (Å²) in [6, 6.07) is 16.0. The summed E-state index contributed by atoms with van der Waals surface area (Å²) in [7, 11) is 3.96. The first kappa shape index (κ1) is 18.0. The molecule has 2 amide bonds. The number of amides is 2. The summed E-state index contributed by atoms with van der Waals surface area (Å²) < 4.78 is 0. The van der Waals surface area contributed by atoms with E-state index < -0.39 is 6.03 Å². The number of hydrogen-bond acceptors (Lipinski definition) is 6. The van der Waals surface area contributed by atoms with Crippen LogP contribution < -0.4 is 26.6 Å². The van der Waals surface area contributed by atoms with Gasteiger partial charge in [0.15, 0.2) is 0 Å². The molecule has 0 unspecified atom stereocenters.